The lowest BCUT2D eigenvalue weighted by Crippen LogP contribution is -2.45. The lowest BCUT2D eigenvalue weighted by molar-refractivity contribution is -0.125. The molecule has 1 amide bonds. The average molecular weight is 318 g/mol. The average Bonchev–Trinajstić information content (AvgIpc) is 2.52. The zero-order chi connectivity index (χ0) is 17.0. The van der Waals surface area contributed by atoms with E-state index < -0.39 is 5.97 Å². The van der Waals surface area contributed by atoms with E-state index >= 15 is 0 Å². The zero-order valence-electron chi connectivity index (χ0n) is 14.1. The number of nitrogens with two attached hydrogens (primary N) is 1. The third-order valence-electron chi connectivity index (χ3n) is 4.90. The molecule has 0 heterocycles. The summed E-state index contributed by atoms with van der Waals surface area (Å²) in [5.41, 5.74) is 7.58. The number of carbonyl (C=O) groups excluding carboxylic acids is 2. The molecule has 1 aromatic rings. The molecule has 0 aliphatic heterocycles. The summed E-state index contributed by atoms with van der Waals surface area (Å²) >= 11 is 0. The molecule has 23 heavy (non-hydrogen) atoms. The summed E-state index contributed by atoms with van der Waals surface area (Å²) in [6.07, 6.45) is 3.32. The first kappa shape index (κ1) is 17.3. The number of carbonyl (C=O) groups is 2. The molecule has 0 radical (unpaired) electrons. The number of anilines is 1. The van der Waals surface area contributed by atoms with Crippen LogP contribution in [0.15, 0.2) is 18.2 Å². The highest BCUT2D eigenvalue weighted by Crippen LogP contribution is 2.29. The van der Waals surface area contributed by atoms with Crippen molar-refractivity contribution in [3.63, 3.8) is 0 Å². The number of nitrogens with one attached hydrogen (secondary N) is 1. The van der Waals surface area contributed by atoms with Gasteiger partial charge in [0, 0.05) is 11.7 Å². The van der Waals surface area contributed by atoms with Crippen LogP contribution >= 0.6 is 0 Å². The van der Waals surface area contributed by atoms with Crippen LogP contribution in [-0.2, 0) is 9.53 Å². The Morgan fingerprint density at radius 2 is 2.04 bits per heavy atom. The molecule has 126 valence electrons. The Hall–Kier alpha value is -2.04. The predicted molar refractivity (Wildman–Crippen MR) is 90.0 cm³/mol. The van der Waals surface area contributed by atoms with Gasteiger partial charge in [0.05, 0.1) is 5.56 Å². The van der Waals surface area contributed by atoms with Crippen LogP contribution in [0.4, 0.5) is 5.69 Å². The predicted octanol–water partition coefficient (Wildman–Crippen LogP) is 2.67. The van der Waals surface area contributed by atoms with Crippen LogP contribution in [0.2, 0.25) is 0 Å². The van der Waals surface area contributed by atoms with Crippen LogP contribution in [-0.4, -0.2) is 24.5 Å². The first-order valence-corrected chi connectivity index (χ1v) is 8.21. The molecule has 1 aliphatic carbocycles. The van der Waals surface area contributed by atoms with Gasteiger partial charge in [0.1, 0.15) is 0 Å². The molecule has 3 atom stereocenters. The quantitative estimate of drug-likeness (QED) is 0.660. The van der Waals surface area contributed by atoms with E-state index in [0.717, 1.165) is 18.4 Å². The van der Waals surface area contributed by atoms with Gasteiger partial charge in [-0.3, -0.25) is 4.79 Å². The molecule has 1 aromatic carbocycles. The van der Waals surface area contributed by atoms with Gasteiger partial charge in [-0.1, -0.05) is 32.8 Å². The van der Waals surface area contributed by atoms with Crippen molar-refractivity contribution in [3.05, 3.63) is 29.3 Å². The van der Waals surface area contributed by atoms with Crippen LogP contribution in [0, 0.1) is 18.8 Å². The summed E-state index contributed by atoms with van der Waals surface area (Å²) in [5, 5.41) is 2.99. The fourth-order valence-corrected chi connectivity index (χ4v) is 3.02. The fraction of sp³-hybridized carbons (Fsp3) is 0.556. The molecule has 0 bridgehead atoms. The summed E-state index contributed by atoms with van der Waals surface area (Å²) in [4.78, 5) is 24.0. The summed E-state index contributed by atoms with van der Waals surface area (Å²) in [6, 6.07) is 5.15. The summed E-state index contributed by atoms with van der Waals surface area (Å²) < 4.78 is 5.08. The van der Waals surface area contributed by atoms with Crippen molar-refractivity contribution < 1.29 is 14.3 Å². The lowest BCUT2D eigenvalue weighted by Gasteiger charge is -2.34. The Labute approximate surface area is 137 Å². The largest absolute Gasteiger partial charge is 0.452 e. The molecule has 5 heteroatoms. The van der Waals surface area contributed by atoms with Gasteiger partial charge in [-0.05, 0) is 42.9 Å². The standard InChI is InChI=1S/C18H26N2O3/c1-11-5-4-6-16(13(11)3)20-17(21)10-23-18(22)14-8-7-12(2)15(19)9-14/h7-9,11,13,16H,4-6,10,19H2,1-3H3,(H,20,21)/t11-,13+,16-/m1/s1. The summed E-state index contributed by atoms with van der Waals surface area (Å²) in [6.45, 7) is 5.98. The highest BCUT2D eigenvalue weighted by molar-refractivity contribution is 5.92. The number of benzene rings is 1. The van der Waals surface area contributed by atoms with E-state index in [1.165, 1.54) is 6.42 Å². The van der Waals surface area contributed by atoms with Crippen molar-refractivity contribution in [2.24, 2.45) is 11.8 Å². The smallest absolute Gasteiger partial charge is 0.338 e. The number of amides is 1. The third-order valence-corrected chi connectivity index (χ3v) is 4.90. The minimum Gasteiger partial charge on any atom is -0.452 e. The maximum Gasteiger partial charge on any atom is 0.338 e. The van der Waals surface area contributed by atoms with E-state index in [2.05, 4.69) is 19.2 Å². The Bertz CT molecular complexity index is 586. The minimum atomic E-state index is -0.531. The van der Waals surface area contributed by atoms with Gasteiger partial charge in [0.25, 0.3) is 5.91 Å². The SMILES string of the molecule is Cc1ccc(C(=O)OCC(=O)N[C@@H]2CCC[C@@H](C)[C@@H]2C)cc1N. The van der Waals surface area contributed by atoms with Crippen molar-refractivity contribution in [3.8, 4) is 0 Å². The molecule has 0 spiro atoms. The van der Waals surface area contributed by atoms with Gasteiger partial charge in [0.15, 0.2) is 6.61 Å². The molecule has 2 rings (SSSR count). The van der Waals surface area contributed by atoms with E-state index in [0.29, 0.717) is 23.1 Å². The summed E-state index contributed by atoms with van der Waals surface area (Å²) in [7, 11) is 0. The molecule has 5 nitrogen and oxygen atoms in total. The Balaban J connectivity index is 1.84. The second kappa shape index (κ2) is 7.49. The third kappa shape index (κ3) is 4.47. The van der Waals surface area contributed by atoms with Crippen LogP contribution in [0.1, 0.15) is 49.0 Å². The molecule has 1 fully saturated rings. The van der Waals surface area contributed by atoms with Gasteiger partial charge in [-0.15, -0.1) is 0 Å². The Morgan fingerprint density at radius 1 is 1.30 bits per heavy atom. The van der Waals surface area contributed by atoms with E-state index in [4.69, 9.17) is 10.5 Å². The first-order chi connectivity index (χ1) is 10.9. The van der Waals surface area contributed by atoms with Gasteiger partial charge in [-0.2, -0.15) is 0 Å². The number of rotatable bonds is 4. The second-order valence-electron chi connectivity index (χ2n) is 6.59. The minimum absolute atomic E-state index is 0.167. The maximum atomic E-state index is 12.0. The number of esters is 1. The molecule has 0 saturated heterocycles. The maximum absolute atomic E-state index is 12.0. The van der Waals surface area contributed by atoms with Crippen LogP contribution < -0.4 is 11.1 Å². The topological polar surface area (TPSA) is 81.4 Å². The Morgan fingerprint density at radius 3 is 2.74 bits per heavy atom. The van der Waals surface area contributed by atoms with Gasteiger partial charge >= 0.3 is 5.97 Å². The van der Waals surface area contributed by atoms with Crippen LogP contribution in [0.3, 0.4) is 0 Å². The van der Waals surface area contributed by atoms with Crippen molar-refractivity contribution in [1.82, 2.24) is 5.32 Å². The molecule has 1 saturated carbocycles. The highest BCUT2D eigenvalue weighted by atomic mass is 16.5. The molecule has 1 aliphatic rings. The van der Waals surface area contributed by atoms with Gasteiger partial charge < -0.3 is 15.8 Å². The molecule has 0 aromatic heterocycles. The van der Waals surface area contributed by atoms with Crippen LogP contribution in [0.25, 0.3) is 0 Å². The number of ether oxygens (including phenoxy) is 1. The summed E-state index contributed by atoms with van der Waals surface area (Å²) in [5.74, 6) is 0.272. The van der Waals surface area contributed by atoms with E-state index in [1.54, 1.807) is 18.2 Å². The van der Waals surface area contributed by atoms with E-state index in [1.807, 2.05) is 6.92 Å². The normalized spacial score (nSPS) is 24.0. The van der Waals surface area contributed by atoms with Gasteiger partial charge in [0.2, 0.25) is 0 Å². The monoisotopic (exact) mass is 318 g/mol. The molecular formula is C18H26N2O3. The molecule has 3 N–H and O–H groups in total. The van der Waals surface area contributed by atoms with E-state index in [-0.39, 0.29) is 18.6 Å². The number of hydrogen-bond donors (Lipinski definition) is 2. The Kier molecular flexibility index (Phi) is 5.64. The van der Waals surface area contributed by atoms with Gasteiger partial charge in [-0.25, -0.2) is 4.79 Å². The van der Waals surface area contributed by atoms with Crippen LogP contribution in [0.5, 0.6) is 0 Å². The molecular weight excluding hydrogens is 292 g/mol. The van der Waals surface area contributed by atoms with Crippen molar-refractivity contribution in [1.29, 1.82) is 0 Å². The van der Waals surface area contributed by atoms with Crippen molar-refractivity contribution >= 4 is 17.6 Å². The first-order valence-electron chi connectivity index (χ1n) is 8.21. The highest BCUT2D eigenvalue weighted by Gasteiger charge is 2.28. The lowest BCUT2D eigenvalue weighted by atomic mass is 9.78. The zero-order valence-corrected chi connectivity index (χ0v) is 14.1. The number of nitrogen functional groups attached to an aromatic ring is 1. The fourth-order valence-electron chi connectivity index (χ4n) is 3.02. The van der Waals surface area contributed by atoms with E-state index in [9.17, 15) is 9.59 Å². The van der Waals surface area contributed by atoms with Crippen molar-refractivity contribution in [2.45, 2.75) is 46.1 Å². The molecule has 0 unspecified atom stereocenters. The number of hydrogen-bond acceptors (Lipinski definition) is 4. The number of aryl methyl sites for hydroxylation is 1. The van der Waals surface area contributed by atoms with Crippen molar-refractivity contribution in [2.75, 3.05) is 12.3 Å². The second-order valence-corrected chi connectivity index (χ2v) is 6.59.